The average Bonchev–Trinajstić information content (AvgIpc) is 3.25. The molecule has 0 unspecified atom stereocenters. The molecule has 6 nitrogen and oxygen atoms in total. The van der Waals surface area contributed by atoms with Crippen LogP contribution in [-0.4, -0.2) is 26.2 Å². The summed E-state index contributed by atoms with van der Waals surface area (Å²) >= 11 is 7.21. The summed E-state index contributed by atoms with van der Waals surface area (Å²) in [5, 5.41) is 4.24. The van der Waals surface area contributed by atoms with Crippen molar-refractivity contribution < 1.29 is 4.79 Å². The van der Waals surface area contributed by atoms with E-state index in [9.17, 15) is 9.59 Å². The summed E-state index contributed by atoms with van der Waals surface area (Å²) < 4.78 is 1.75. The highest BCUT2D eigenvalue weighted by atomic mass is 35.5. The maximum atomic E-state index is 12.7. The van der Waals surface area contributed by atoms with Crippen LogP contribution in [0.15, 0.2) is 58.6 Å². The van der Waals surface area contributed by atoms with Gasteiger partial charge >= 0.3 is 5.69 Å². The van der Waals surface area contributed by atoms with Gasteiger partial charge in [0.2, 0.25) is 5.91 Å². The first-order chi connectivity index (χ1) is 14.6. The molecule has 2 heterocycles. The predicted molar refractivity (Wildman–Crippen MR) is 118 cm³/mol. The second-order valence-electron chi connectivity index (χ2n) is 7.11. The maximum Gasteiger partial charge on any atom is 0.349 e. The van der Waals surface area contributed by atoms with Gasteiger partial charge in [-0.15, -0.1) is 0 Å². The van der Waals surface area contributed by atoms with Gasteiger partial charge in [-0.3, -0.25) is 14.3 Å². The van der Waals surface area contributed by atoms with Crippen molar-refractivity contribution in [1.82, 2.24) is 19.9 Å². The minimum Gasteiger partial charge on any atom is -0.351 e. The zero-order valence-corrected chi connectivity index (χ0v) is 17.9. The monoisotopic (exact) mass is 440 g/mol. The van der Waals surface area contributed by atoms with Crippen LogP contribution < -0.4 is 11.0 Å². The number of hydrogen-bond acceptors (Lipinski definition) is 5. The van der Waals surface area contributed by atoms with E-state index in [-0.39, 0.29) is 17.3 Å². The predicted octanol–water partition coefficient (Wildman–Crippen LogP) is 3.24. The van der Waals surface area contributed by atoms with Crippen molar-refractivity contribution >= 4 is 29.3 Å². The molecule has 2 aromatic heterocycles. The minimum absolute atomic E-state index is 0.0931. The molecule has 0 atom stereocenters. The van der Waals surface area contributed by atoms with Crippen LogP contribution >= 0.6 is 23.4 Å². The fourth-order valence-electron chi connectivity index (χ4n) is 3.53. The van der Waals surface area contributed by atoms with Gasteiger partial charge in [0.15, 0.2) is 0 Å². The first-order valence-corrected chi connectivity index (χ1v) is 11.1. The average molecular weight is 441 g/mol. The van der Waals surface area contributed by atoms with Crippen LogP contribution in [0.1, 0.15) is 28.8 Å². The molecule has 3 aromatic rings. The Hall–Kier alpha value is -2.64. The third-order valence-electron chi connectivity index (χ3n) is 5.03. The summed E-state index contributed by atoms with van der Waals surface area (Å²) in [7, 11) is 0. The lowest BCUT2D eigenvalue weighted by atomic mass is 10.2. The standard InChI is InChI=1S/C22H21ClN4O2S/c23-17-6-4-15(5-7-17)12-25-20(28)14-30-21-18-2-1-3-19(18)27(22(29)26-21)13-16-8-10-24-11-9-16/h4-11H,1-3,12-14H2,(H,25,28). The number of hydrogen-bond donors (Lipinski definition) is 1. The number of aromatic nitrogens is 3. The number of fused-ring (bicyclic) bond motifs is 1. The summed E-state index contributed by atoms with van der Waals surface area (Å²) in [6.45, 7) is 0.929. The second kappa shape index (κ2) is 9.45. The molecule has 8 heteroatoms. The third-order valence-corrected chi connectivity index (χ3v) is 6.30. The van der Waals surface area contributed by atoms with Gasteiger partial charge in [0.25, 0.3) is 0 Å². The van der Waals surface area contributed by atoms with Gasteiger partial charge in [-0.2, -0.15) is 4.98 Å². The van der Waals surface area contributed by atoms with Crippen LogP contribution in [0.2, 0.25) is 5.02 Å². The molecule has 0 saturated carbocycles. The van der Waals surface area contributed by atoms with E-state index in [2.05, 4.69) is 15.3 Å². The van der Waals surface area contributed by atoms with E-state index in [0.717, 1.165) is 41.6 Å². The molecule has 1 aromatic carbocycles. The zero-order valence-electron chi connectivity index (χ0n) is 16.3. The number of halogens is 1. The molecular formula is C22H21ClN4O2S. The van der Waals surface area contributed by atoms with Crippen LogP contribution in [-0.2, 0) is 30.7 Å². The summed E-state index contributed by atoms with van der Waals surface area (Å²) in [6, 6.07) is 11.2. The molecule has 0 bridgehead atoms. The number of rotatable bonds is 7. The molecule has 1 aliphatic rings. The van der Waals surface area contributed by atoms with Crippen molar-refractivity contribution in [3.8, 4) is 0 Å². The number of amides is 1. The Morgan fingerprint density at radius 2 is 1.87 bits per heavy atom. The molecule has 0 aliphatic heterocycles. The first kappa shape index (κ1) is 20.6. The lowest BCUT2D eigenvalue weighted by Gasteiger charge is -2.14. The Morgan fingerprint density at radius 1 is 1.10 bits per heavy atom. The summed E-state index contributed by atoms with van der Waals surface area (Å²) in [6.07, 6.45) is 6.18. The van der Waals surface area contributed by atoms with Gasteiger partial charge in [0, 0.05) is 35.2 Å². The van der Waals surface area contributed by atoms with Crippen molar-refractivity contribution in [1.29, 1.82) is 0 Å². The number of benzene rings is 1. The quantitative estimate of drug-likeness (QED) is 0.451. The van der Waals surface area contributed by atoms with E-state index in [1.165, 1.54) is 11.8 Å². The zero-order chi connectivity index (χ0) is 20.9. The molecular weight excluding hydrogens is 420 g/mol. The SMILES string of the molecule is O=C(CSc1nc(=O)n(Cc2ccncc2)c2c1CCC2)NCc1ccc(Cl)cc1. The lowest BCUT2D eigenvalue weighted by molar-refractivity contribution is -0.118. The van der Waals surface area contributed by atoms with Crippen LogP contribution in [0.4, 0.5) is 0 Å². The van der Waals surface area contributed by atoms with Gasteiger partial charge in [-0.1, -0.05) is 35.5 Å². The van der Waals surface area contributed by atoms with Crippen molar-refractivity contribution in [3.05, 3.63) is 86.7 Å². The van der Waals surface area contributed by atoms with E-state index >= 15 is 0 Å². The Labute approximate surface area is 183 Å². The maximum absolute atomic E-state index is 12.7. The van der Waals surface area contributed by atoms with Crippen molar-refractivity contribution in [3.63, 3.8) is 0 Å². The van der Waals surface area contributed by atoms with E-state index in [0.29, 0.717) is 23.1 Å². The molecule has 1 N–H and O–H groups in total. The molecule has 30 heavy (non-hydrogen) atoms. The van der Waals surface area contributed by atoms with Crippen molar-refractivity contribution in [2.24, 2.45) is 0 Å². The number of carbonyl (C=O) groups is 1. The highest BCUT2D eigenvalue weighted by molar-refractivity contribution is 7.99. The normalized spacial score (nSPS) is 12.6. The first-order valence-electron chi connectivity index (χ1n) is 9.75. The fraction of sp³-hybridized carbons (Fsp3) is 0.273. The third kappa shape index (κ3) is 4.91. The molecule has 0 saturated heterocycles. The summed E-state index contributed by atoms with van der Waals surface area (Å²) in [5.74, 6) is 0.130. The van der Waals surface area contributed by atoms with Gasteiger partial charge in [0.05, 0.1) is 12.3 Å². The Bertz CT molecular complexity index is 1100. The Kier molecular flexibility index (Phi) is 6.50. The summed E-state index contributed by atoms with van der Waals surface area (Å²) in [5.41, 5.74) is 3.87. The molecule has 0 fully saturated rings. The van der Waals surface area contributed by atoms with Crippen LogP contribution in [0.5, 0.6) is 0 Å². The van der Waals surface area contributed by atoms with Crippen LogP contribution in [0.25, 0.3) is 0 Å². The van der Waals surface area contributed by atoms with Crippen molar-refractivity contribution in [2.45, 2.75) is 37.4 Å². The van der Waals surface area contributed by atoms with Gasteiger partial charge in [0.1, 0.15) is 5.03 Å². The largest absolute Gasteiger partial charge is 0.351 e. The molecule has 154 valence electrons. The number of pyridine rings is 1. The lowest BCUT2D eigenvalue weighted by Crippen LogP contribution is -2.28. The number of thioether (sulfide) groups is 1. The molecule has 4 rings (SSSR count). The van der Waals surface area contributed by atoms with E-state index in [4.69, 9.17) is 11.6 Å². The Balaban J connectivity index is 1.42. The highest BCUT2D eigenvalue weighted by Crippen LogP contribution is 2.29. The van der Waals surface area contributed by atoms with Gasteiger partial charge in [-0.05, 0) is 54.7 Å². The summed E-state index contributed by atoms with van der Waals surface area (Å²) in [4.78, 5) is 33.3. The molecule has 1 amide bonds. The molecule has 0 radical (unpaired) electrons. The Morgan fingerprint density at radius 3 is 2.63 bits per heavy atom. The molecule has 1 aliphatic carbocycles. The van der Waals surface area contributed by atoms with Crippen molar-refractivity contribution in [2.75, 3.05) is 5.75 Å². The smallest absolute Gasteiger partial charge is 0.349 e. The number of nitrogens with zero attached hydrogens (tertiary/aromatic N) is 3. The minimum atomic E-state index is -0.267. The topological polar surface area (TPSA) is 76.9 Å². The van der Waals surface area contributed by atoms with Gasteiger partial charge in [-0.25, -0.2) is 4.79 Å². The van der Waals surface area contributed by atoms with Gasteiger partial charge < -0.3 is 5.32 Å². The van der Waals surface area contributed by atoms with E-state index in [1.54, 1.807) is 29.1 Å². The fourth-order valence-corrected chi connectivity index (χ4v) is 4.56. The van der Waals surface area contributed by atoms with E-state index in [1.807, 2.05) is 24.3 Å². The second-order valence-corrected chi connectivity index (χ2v) is 8.51. The molecule has 0 spiro atoms. The van der Waals surface area contributed by atoms with Crippen LogP contribution in [0.3, 0.4) is 0 Å². The highest BCUT2D eigenvalue weighted by Gasteiger charge is 2.22. The number of nitrogens with one attached hydrogen (secondary N) is 1. The van der Waals surface area contributed by atoms with E-state index < -0.39 is 0 Å². The number of carbonyl (C=O) groups excluding carboxylic acids is 1. The van der Waals surface area contributed by atoms with Crippen LogP contribution in [0, 0.1) is 0 Å².